The van der Waals surface area contributed by atoms with Gasteiger partial charge < -0.3 is 16.0 Å². The van der Waals surface area contributed by atoms with Crippen molar-refractivity contribution in [2.45, 2.75) is 25.7 Å². The fraction of sp³-hybridized carbons (Fsp3) is 0.500. The molecule has 1 aromatic carbocycles. The molecule has 4 heteroatoms. The molecule has 4 nitrogen and oxygen atoms in total. The Labute approximate surface area is 108 Å². The van der Waals surface area contributed by atoms with Crippen molar-refractivity contribution in [3.63, 3.8) is 0 Å². The van der Waals surface area contributed by atoms with Gasteiger partial charge in [0.25, 0.3) is 0 Å². The minimum atomic E-state index is 0.262. The van der Waals surface area contributed by atoms with Crippen LogP contribution in [0.25, 0.3) is 0 Å². The molecule has 1 heterocycles. The maximum atomic E-state index is 11.9. The van der Waals surface area contributed by atoms with Crippen LogP contribution in [-0.4, -0.2) is 30.4 Å². The molecule has 1 aliphatic heterocycles. The molecule has 1 aromatic rings. The van der Waals surface area contributed by atoms with Crippen LogP contribution in [0.1, 0.15) is 25.7 Å². The number of anilines is 2. The first kappa shape index (κ1) is 12.7. The molecule has 1 amide bonds. The Morgan fingerprint density at radius 2 is 1.83 bits per heavy atom. The minimum Gasteiger partial charge on any atom is -0.399 e. The topological polar surface area (TPSA) is 58.4 Å². The maximum Gasteiger partial charge on any atom is 0.224 e. The Morgan fingerprint density at radius 3 is 2.50 bits per heavy atom. The van der Waals surface area contributed by atoms with E-state index in [2.05, 4.69) is 5.32 Å². The Bertz CT molecular complexity index is 383. The van der Waals surface area contributed by atoms with Crippen molar-refractivity contribution in [3.8, 4) is 0 Å². The van der Waals surface area contributed by atoms with Gasteiger partial charge in [0.2, 0.25) is 5.91 Å². The number of amides is 1. The summed E-state index contributed by atoms with van der Waals surface area (Å²) in [5, 5.41) is 3.24. The third-order valence-electron chi connectivity index (χ3n) is 3.29. The molecule has 0 saturated carbocycles. The van der Waals surface area contributed by atoms with Crippen LogP contribution in [0.5, 0.6) is 0 Å². The van der Waals surface area contributed by atoms with Gasteiger partial charge in [-0.05, 0) is 43.5 Å². The zero-order valence-electron chi connectivity index (χ0n) is 10.7. The van der Waals surface area contributed by atoms with Crippen LogP contribution in [0.3, 0.4) is 0 Å². The number of hydrogen-bond donors (Lipinski definition) is 2. The van der Waals surface area contributed by atoms with Gasteiger partial charge in [-0.25, -0.2) is 0 Å². The van der Waals surface area contributed by atoms with E-state index in [1.54, 1.807) is 0 Å². The van der Waals surface area contributed by atoms with Gasteiger partial charge >= 0.3 is 0 Å². The van der Waals surface area contributed by atoms with Crippen molar-refractivity contribution in [2.24, 2.45) is 0 Å². The Hall–Kier alpha value is -1.71. The van der Waals surface area contributed by atoms with Crippen LogP contribution in [0, 0.1) is 0 Å². The highest BCUT2D eigenvalue weighted by Gasteiger charge is 2.15. The molecule has 98 valence electrons. The van der Waals surface area contributed by atoms with Crippen molar-refractivity contribution in [2.75, 3.05) is 30.7 Å². The first-order valence-corrected chi connectivity index (χ1v) is 6.63. The molecule has 1 fully saturated rings. The minimum absolute atomic E-state index is 0.262. The van der Waals surface area contributed by atoms with E-state index in [0.717, 1.165) is 37.3 Å². The fourth-order valence-corrected chi connectivity index (χ4v) is 2.22. The SMILES string of the molecule is Nc1ccc(NCCC(=O)N2CCCCC2)cc1. The lowest BCUT2D eigenvalue weighted by molar-refractivity contribution is -0.131. The van der Waals surface area contributed by atoms with Gasteiger partial charge in [0.1, 0.15) is 0 Å². The number of benzene rings is 1. The summed E-state index contributed by atoms with van der Waals surface area (Å²) in [7, 11) is 0. The third-order valence-corrected chi connectivity index (χ3v) is 3.29. The second kappa shape index (κ2) is 6.28. The van der Waals surface area contributed by atoms with Crippen molar-refractivity contribution >= 4 is 17.3 Å². The van der Waals surface area contributed by atoms with Crippen molar-refractivity contribution in [3.05, 3.63) is 24.3 Å². The molecule has 0 radical (unpaired) electrons. The summed E-state index contributed by atoms with van der Waals surface area (Å²) in [4.78, 5) is 13.9. The smallest absolute Gasteiger partial charge is 0.224 e. The summed E-state index contributed by atoms with van der Waals surface area (Å²) in [5.41, 5.74) is 7.38. The van der Waals surface area contributed by atoms with Crippen LogP contribution < -0.4 is 11.1 Å². The molecule has 0 spiro atoms. The van der Waals surface area contributed by atoms with E-state index in [1.165, 1.54) is 6.42 Å². The number of nitrogen functional groups attached to an aromatic ring is 1. The van der Waals surface area contributed by atoms with Crippen LogP contribution >= 0.6 is 0 Å². The molecule has 0 atom stereocenters. The lowest BCUT2D eigenvalue weighted by Gasteiger charge is -2.26. The van der Waals surface area contributed by atoms with Crippen molar-refractivity contribution < 1.29 is 4.79 Å². The van der Waals surface area contributed by atoms with E-state index in [9.17, 15) is 4.79 Å². The number of carbonyl (C=O) groups is 1. The highest BCUT2D eigenvalue weighted by molar-refractivity contribution is 5.76. The summed E-state index contributed by atoms with van der Waals surface area (Å²) in [6, 6.07) is 7.57. The molecular formula is C14H21N3O. The van der Waals surface area contributed by atoms with E-state index in [0.29, 0.717) is 13.0 Å². The molecule has 2 rings (SSSR count). The molecular weight excluding hydrogens is 226 g/mol. The second-order valence-corrected chi connectivity index (χ2v) is 4.74. The number of nitrogens with zero attached hydrogens (tertiary/aromatic N) is 1. The van der Waals surface area contributed by atoms with Gasteiger partial charge in [0.15, 0.2) is 0 Å². The first-order chi connectivity index (χ1) is 8.75. The molecule has 0 unspecified atom stereocenters. The predicted octanol–water partition coefficient (Wildman–Crippen LogP) is 2.08. The predicted molar refractivity (Wildman–Crippen MR) is 74.4 cm³/mol. The number of carbonyl (C=O) groups excluding carboxylic acids is 1. The number of piperidine rings is 1. The number of nitrogens with one attached hydrogen (secondary N) is 1. The average molecular weight is 247 g/mol. The lowest BCUT2D eigenvalue weighted by atomic mass is 10.1. The normalized spacial score (nSPS) is 15.4. The Kier molecular flexibility index (Phi) is 4.45. The average Bonchev–Trinajstić information content (AvgIpc) is 2.42. The number of rotatable bonds is 4. The van der Waals surface area contributed by atoms with E-state index < -0.39 is 0 Å². The second-order valence-electron chi connectivity index (χ2n) is 4.74. The third kappa shape index (κ3) is 3.65. The van der Waals surface area contributed by atoms with Gasteiger partial charge in [-0.3, -0.25) is 4.79 Å². The molecule has 18 heavy (non-hydrogen) atoms. The molecule has 0 aliphatic carbocycles. The number of nitrogens with two attached hydrogens (primary N) is 1. The molecule has 0 aromatic heterocycles. The first-order valence-electron chi connectivity index (χ1n) is 6.63. The van der Waals surface area contributed by atoms with E-state index in [-0.39, 0.29) is 5.91 Å². The van der Waals surface area contributed by atoms with Gasteiger partial charge in [-0.2, -0.15) is 0 Å². The van der Waals surface area contributed by atoms with Crippen LogP contribution in [0.15, 0.2) is 24.3 Å². The largest absolute Gasteiger partial charge is 0.399 e. The zero-order chi connectivity index (χ0) is 12.8. The molecule has 1 saturated heterocycles. The van der Waals surface area contributed by atoms with Gasteiger partial charge in [-0.15, -0.1) is 0 Å². The highest BCUT2D eigenvalue weighted by Crippen LogP contribution is 2.12. The summed E-state index contributed by atoms with van der Waals surface area (Å²) < 4.78 is 0. The molecule has 0 bridgehead atoms. The summed E-state index contributed by atoms with van der Waals surface area (Å²) in [5.74, 6) is 0.262. The number of likely N-dealkylation sites (tertiary alicyclic amines) is 1. The fourth-order valence-electron chi connectivity index (χ4n) is 2.22. The number of hydrogen-bond acceptors (Lipinski definition) is 3. The van der Waals surface area contributed by atoms with E-state index >= 15 is 0 Å². The van der Waals surface area contributed by atoms with Gasteiger partial charge in [-0.1, -0.05) is 0 Å². The maximum absolute atomic E-state index is 11.9. The van der Waals surface area contributed by atoms with E-state index in [4.69, 9.17) is 5.73 Å². The van der Waals surface area contributed by atoms with Gasteiger partial charge in [0.05, 0.1) is 0 Å². The quantitative estimate of drug-likeness (QED) is 0.801. The summed E-state index contributed by atoms with van der Waals surface area (Å²) in [6.45, 7) is 2.54. The monoisotopic (exact) mass is 247 g/mol. The van der Waals surface area contributed by atoms with Crippen LogP contribution in [0.2, 0.25) is 0 Å². The van der Waals surface area contributed by atoms with Crippen LogP contribution in [-0.2, 0) is 4.79 Å². The Balaban J connectivity index is 1.71. The lowest BCUT2D eigenvalue weighted by Crippen LogP contribution is -2.36. The molecule has 3 N–H and O–H groups in total. The zero-order valence-corrected chi connectivity index (χ0v) is 10.7. The summed E-state index contributed by atoms with van der Waals surface area (Å²) >= 11 is 0. The highest BCUT2D eigenvalue weighted by atomic mass is 16.2. The van der Waals surface area contributed by atoms with E-state index in [1.807, 2.05) is 29.2 Å². The summed E-state index contributed by atoms with van der Waals surface area (Å²) in [6.07, 6.45) is 4.12. The van der Waals surface area contributed by atoms with Crippen molar-refractivity contribution in [1.29, 1.82) is 0 Å². The Morgan fingerprint density at radius 1 is 1.17 bits per heavy atom. The van der Waals surface area contributed by atoms with Crippen LogP contribution in [0.4, 0.5) is 11.4 Å². The standard InChI is InChI=1S/C14H21N3O/c15-12-4-6-13(7-5-12)16-9-8-14(18)17-10-2-1-3-11-17/h4-7,16H,1-3,8-11,15H2. The van der Waals surface area contributed by atoms with Crippen molar-refractivity contribution in [1.82, 2.24) is 4.90 Å². The van der Waals surface area contributed by atoms with Gasteiger partial charge in [0, 0.05) is 37.4 Å². The molecule has 1 aliphatic rings.